The minimum Gasteiger partial charge on any atom is -0.459 e. The van der Waals surface area contributed by atoms with Gasteiger partial charge in [-0.15, -0.1) is 11.3 Å². The Kier molecular flexibility index (Phi) is 2.96. The molecule has 2 N–H and O–H groups in total. The number of thiophene rings is 1. The summed E-state index contributed by atoms with van der Waals surface area (Å²) in [5.41, 5.74) is 9.04. The second kappa shape index (κ2) is 4.84. The van der Waals surface area contributed by atoms with E-state index in [-0.39, 0.29) is 6.04 Å². The largest absolute Gasteiger partial charge is 0.459 e. The van der Waals surface area contributed by atoms with Crippen LogP contribution in [-0.4, -0.2) is 4.98 Å². The van der Waals surface area contributed by atoms with Crippen LogP contribution >= 0.6 is 22.9 Å². The molecule has 0 aliphatic rings. The fraction of sp³-hybridized carbons (Fsp3) is 0.0625. The first-order valence-corrected chi connectivity index (χ1v) is 7.74. The van der Waals surface area contributed by atoms with Gasteiger partial charge in [0.2, 0.25) is 0 Å². The molecule has 0 saturated carbocycles. The molecule has 0 aliphatic carbocycles. The van der Waals surface area contributed by atoms with Crippen LogP contribution in [0.3, 0.4) is 0 Å². The van der Waals surface area contributed by atoms with Crippen LogP contribution in [0.1, 0.15) is 17.4 Å². The summed E-state index contributed by atoms with van der Waals surface area (Å²) in [4.78, 5) is 4.42. The van der Waals surface area contributed by atoms with Gasteiger partial charge in [-0.3, -0.25) is 4.98 Å². The van der Waals surface area contributed by atoms with E-state index >= 15 is 0 Å². The third kappa shape index (κ3) is 2.21. The third-order valence-electron chi connectivity index (χ3n) is 3.49. The Bertz CT molecular complexity index is 944. The summed E-state index contributed by atoms with van der Waals surface area (Å²) in [6, 6.07) is 11.2. The monoisotopic (exact) mass is 314 g/mol. The maximum atomic E-state index is 6.32. The van der Waals surface area contributed by atoms with Gasteiger partial charge in [0.05, 0.1) is 16.3 Å². The molecule has 5 heteroatoms. The van der Waals surface area contributed by atoms with E-state index in [1.54, 1.807) is 17.5 Å². The van der Waals surface area contributed by atoms with Crippen LogP contribution in [0, 0.1) is 0 Å². The average Bonchev–Trinajstić information content (AvgIpc) is 3.11. The zero-order valence-corrected chi connectivity index (χ0v) is 12.5. The molecule has 21 heavy (non-hydrogen) atoms. The number of nitrogens with zero attached hydrogens (tertiary/aromatic N) is 1. The first kappa shape index (κ1) is 12.8. The Morgan fingerprint density at radius 3 is 3.00 bits per heavy atom. The molecule has 4 rings (SSSR count). The maximum Gasteiger partial charge on any atom is 0.134 e. The molecule has 0 saturated heterocycles. The van der Waals surface area contributed by atoms with E-state index in [2.05, 4.69) is 11.1 Å². The van der Waals surface area contributed by atoms with Crippen molar-refractivity contribution in [1.29, 1.82) is 0 Å². The van der Waals surface area contributed by atoms with Crippen molar-refractivity contribution < 1.29 is 4.42 Å². The number of rotatable bonds is 2. The molecule has 104 valence electrons. The van der Waals surface area contributed by atoms with Gasteiger partial charge < -0.3 is 10.2 Å². The van der Waals surface area contributed by atoms with Crippen LogP contribution in [-0.2, 0) is 0 Å². The zero-order chi connectivity index (χ0) is 14.4. The Morgan fingerprint density at radius 1 is 1.19 bits per heavy atom. The van der Waals surface area contributed by atoms with Gasteiger partial charge in [0, 0.05) is 16.6 Å². The number of nitrogens with two attached hydrogens (primary N) is 1. The number of halogens is 1. The SMILES string of the molecule is NC(c1cnc2ccsc2c1)c1cc2cc(Cl)ccc2o1. The lowest BCUT2D eigenvalue weighted by Crippen LogP contribution is -2.10. The molecule has 1 atom stereocenters. The van der Waals surface area contributed by atoms with Crippen LogP contribution in [0.5, 0.6) is 0 Å². The van der Waals surface area contributed by atoms with E-state index < -0.39 is 0 Å². The number of furan rings is 1. The minimum atomic E-state index is -0.338. The minimum absolute atomic E-state index is 0.338. The van der Waals surface area contributed by atoms with E-state index in [0.29, 0.717) is 10.8 Å². The van der Waals surface area contributed by atoms with E-state index in [9.17, 15) is 0 Å². The van der Waals surface area contributed by atoms with Gasteiger partial charge in [0.15, 0.2) is 0 Å². The summed E-state index contributed by atoms with van der Waals surface area (Å²) >= 11 is 7.65. The Morgan fingerprint density at radius 2 is 2.10 bits per heavy atom. The fourth-order valence-electron chi connectivity index (χ4n) is 2.38. The first-order chi connectivity index (χ1) is 10.2. The lowest BCUT2D eigenvalue weighted by molar-refractivity contribution is 0.525. The van der Waals surface area contributed by atoms with E-state index in [4.69, 9.17) is 21.8 Å². The Balaban J connectivity index is 1.79. The summed E-state index contributed by atoms with van der Waals surface area (Å²) < 4.78 is 6.95. The Hall–Kier alpha value is -1.88. The van der Waals surface area contributed by atoms with Crippen LogP contribution in [0.4, 0.5) is 0 Å². The second-order valence-electron chi connectivity index (χ2n) is 4.88. The van der Waals surface area contributed by atoms with E-state index in [1.165, 1.54) is 0 Å². The van der Waals surface area contributed by atoms with Gasteiger partial charge in [-0.05, 0) is 47.3 Å². The zero-order valence-electron chi connectivity index (χ0n) is 10.9. The summed E-state index contributed by atoms with van der Waals surface area (Å²) in [7, 11) is 0. The highest BCUT2D eigenvalue weighted by atomic mass is 35.5. The molecular weight excluding hydrogens is 304 g/mol. The topological polar surface area (TPSA) is 52.0 Å². The van der Waals surface area contributed by atoms with Gasteiger partial charge in [-0.25, -0.2) is 0 Å². The third-order valence-corrected chi connectivity index (χ3v) is 4.58. The molecule has 0 fully saturated rings. The van der Waals surface area contributed by atoms with Crippen molar-refractivity contribution in [2.45, 2.75) is 6.04 Å². The standard InChI is InChI=1S/C16H11ClN2OS/c17-11-1-2-13-9(5-11)6-14(20-13)16(18)10-7-15-12(19-8-10)3-4-21-15/h1-8,16H,18H2. The quantitative estimate of drug-likeness (QED) is 0.581. The van der Waals surface area contributed by atoms with Crippen molar-refractivity contribution in [1.82, 2.24) is 4.98 Å². The summed E-state index contributed by atoms with van der Waals surface area (Å²) in [5, 5.41) is 3.67. The van der Waals surface area contributed by atoms with Crippen molar-refractivity contribution in [3.63, 3.8) is 0 Å². The second-order valence-corrected chi connectivity index (χ2v) is 6.27. The molecule has 0 amide bonds. The highest BCUT2D eigenvalue weighted by molar-refractivity contribution is 7.17. The maximum absolute atomic E-state index is 6.32. The molecule has 4 aromatic rings. The van der Waals surface area contributed by atoms with Crippen molar-refractivity contribution in [3.8, 4) is 0 Å². The molecule has 0 bridgehead atoms. The number of aromatic nitrogens is 1. The average molecular weight is 315 g/mol. The van der Waals surface area contributed by atoms with Crippen LogP contribution in [0.15, 0.2) is 52.4 Å². The predicted octanol–water partition coefficient (Wildman–Crippen LogP) is 4.74. The number of pyridine rings is 1. The molecule has 0 spiro atoms. The molecule has 0 radical (unpaired) electrons. The van der Waals surface area contributed by atoms with E-state index in [1.807, 2.05) is 35.7 Å². The van der Waals surface area contributed by atoms with Crippen molar-refractivity contribution in [2.75, 3.05) is 0 Å². The lowest BCUT2D eigenvalue weighted by Gasteiger charge is -2.08. The van der Waals surface area contributed by atoms with Crippen molar-refractivity contribution >= 4 is 44.1 Å². The highest BCUT2D eigenvalue weighted by Gasteiger charge is 2.15. The number of benzene rings is 1. The highest BCUT2D eigenvalue weighted by Crippen LogP contribution is 2.30. The van der Waals surface area contributed by atoms with E-state index in [0.717, 1.165) is 26.7 Å². The predicted molar refractivity (Wildman–Crippen MR) is 86.9 cm³/mol. The van der Waals surface area contributed by atoms with Crippen LogP contribution in [0.2, 0.25) is 5.02 Å². The molecule has 1 unspecified atom stereocenters. The van der Waals surface area contributed by atoms with Crippen molar-refractivity contribution in [3.05, 3.63) is 64.3 Å². The molecule has 0 aliphatic heterocycles. The van der Waals surface area contributed by atoms with Crippen LogP contribution < -0.4 is 5.73 Å². The van der Waals surface area contributed by atoms with Gasteiger partial charge in [0.1, 0.15) is 11.3 Å². The van der Waals surface area contributed by atoms with Crippen molar-refractivity contribution in [2.24, 2.45) is 5.73 Å². The van der Waals surface area contributed by atoms with Gasteiger partial charge >= 0.3 is 0 Å². The molecular formula is C16H11ClN2OS. The van der Waals surface area contributed by atoms with Crippen LogP contribution in [0.25, 0.3) is 21.2 Å². The molecule has 3 nitrogen and oxygen atoms in total. The fourth-order valence-corrected chi connectivity index (χ4v) is 3.35. The van der Waals surface area contributed by atoms with Gasteiger partial charge in [-0.1, -0.05) is 11.6 Å². The first-order valence-electron chi connectivity index (χ1n) is 6.48. The summed E-state index contributed by atoms with van der Waals surface area (Å²) in [6.45, 7) is 0. The molecule has 3 aromatic heterocycles. The lowest BCUT2D eigenvalue weighted by atomic mass is 10.1. The summed E-state index contributed by atoms with van der Waals surface area (Å²) in [6.07, 6.45) is 1.81. The number of hydrogen-bond donors (Lipinski definition) is 1. The smallest absolute Gasteiger partial charge is 0.134 e. The van der Waals surface area contributed by atoms with Gasteiger partial charge in [-0.2, -0.15) is 0 Å². The number of fused-ring (bicyclic) bond motifs is 2. The summed E-state index contributed by atoms with van der Waals surface area (Å²) in [5.74, 6) is 0.713. The number of hydrogen-bond acceptors (Lipinski definition) is 4. The Labute approximate surface area is 130 Å². The molecule has 3 heterocycles. The molecule has 1 aromatic carbocycles. The van der Waals surface area contributed by atoms with Gasteiger partial charge in [0.25, 0.3) is 0 Å². The normalized spacial score (nSPS) is 13.0.